The van der Waals surface area contributed by atoms with Gasteiger partial charge in [0.2, 0.25) is 0 Å². The normalized spacial score (nSPS) is 24.3. The molecule has 4 nitrogen and oxygen atoms in total. The molecule has 0 aliphatic carbocycles. The first-order valence-corrected chi connectivity index (χ1v) is 6.81. The van der Waals surface area contributed by atoms with Crippen molar-refractivity contribution in [2.45, 2.75) is 32.5 Å². The Kier molecular flexibility index (Phi) is 4.56. The Morgan fingerprint density at radius 1 is 1.26 bits per heavy atom. The summed E-state index contributed by atoms with van der Waals surface area (Å²) in [7, 11) is 0. The number of hydrogen-bond acceptors (Lipinski definition) is 4. The first-order valence-electron chi connectivity index (χ1n) is 6.81. The molecule has 1 aromatic carbocycles. The molecule has 0 spiro atoms. The van der Waals surface area contributed by atoms with E-state index >= 15 is 0 Å². The molecule has 0 bridgehead atoms. The third-order valence-corrected chi connectivity index (χ3v) is 3.38. The largest absolute Gasteiger partial charge is 0.399 e. The van der Waals surface area contributed by atoms with E-state index in [-0.39, 0.29) is 18.0 Å². The number of Topliss-reactive ketones (excluding diaryl/α,β-unsaturated/α-hetero) is 1. The van der Waals surface area contributed by atoms with Crippen molar-refractivity contribution < 1.29 is 9.53 Å². The zero-order chi connectivity index (χ0) is 13.8. The summed E-state index contributed by atoms with van der Waals surface area (Å²) in [6.07, 6.45) is 1.04. The Hall–Kier alpha value is -1.39. The van der Waals surface area contributed by atoms with E-state index in [0.717, 1.165) is 25.2 Å². The van der Waals surface area contributed by atoms with E-state index in [9.17, 15) is 4.79 Å². The third kappa shape index (κ3) is 4.04. The van der Waals surface area contributed by atoms with Crippen LogP contribution in [0.3, 0.4) is 0 Å². The van der Waals surface area contributed by atoms with E-state index in [2.05, 4.69) is 18.7 Å². The summed E-state index contributed by atoms with van der Waals surface area (Å²) in [6, 6.07) is 7.13. The van der Waals surface area contributed by atoms with Crippen LogP contribution in [0, 0.1) is 0 Å². The van der Waals surface area contributed by atoms with Gasteiger partial charge < -0.3 is 10.5 Å². The number of nitrogens with zero attached hydrogens (tertiary/aromatic N) is 1. The Balaban J connectivity index is 1.84. The second-order valence-corrected chi connectivity index (χ2v) is 5.31. The quantitative estimate of drug-likeness (QED) is 0.665. The first kappa shape index (κ1) is 14.0. The van der Waals surface area contributed by atoms with Crippen LogP contribution >= 0.6 is 0 Å². The van der Waals surface area contributed by atoms with E-state index < -0.39 is 0 Å². The molecule has 19 heavy (non-hydrogen) atoms. The molecule has 0 amide bonds. The molecule has 1 aliphatic rings. The molecule has 0 radical (unpaired) electrons. The maximum absolute atomic E-state index is 12.1. The minimum atomic E-state index is 0.173. The summed E-state index contributed by atoms with van der Waals surface area (Å²) >= 11 is 0. The number of nitrogens with two attached hydrogens (primary N) is 1. The van der Waals surface area contributed by atoms with Crippen LogP contribution in [0.2, 0.25) is 0 Å². The number of ketones is 1. The van der Waals surface area contributed by atoms with E-state index in [1.807, 2.05) is 0 Å². The molecular weight excluding hydrogens is 240 g/mol. The van der Waals surface area contributed by atoms with E-state index in [1.165, 1.54) is 0 Å². The molecule has 104 valence electrons. The van der Waals surface area contributed by atoms with Crippen LogP contribution in [0.4, 0.5) is 5.69 Å². The van der Waals surface area contributed by atoms with Crippen molar-refractivity contribution >= 4 is 11.5 Å². The van der Waals surface area contributed by atoms with Gasteiger partial charge in [0.05, 0.1) is 12.2 Å². The van der Waals surface area contributed by atoms with Crippen molar-refractivity contribution in [3.8, 4) is 0 Å². The SMILES string of the molecule is CC1CN(CCC(=O)c2ccc(N)cc2)CC(C)O1. The number of morpholine rings is 1. The topological polar surface area (TPSA) is 55.6 Å². The van der Waals surface area contributed by atoms with E-state index in [0.29, 0.717) is 12.1 Å². The van der Waals surface area contributed by atoms with Crippen LogP contribution in [0.5, 0.6) is 0 Å². The smallest absolute Gasteiger partial charge is 0.164 e. The number of rotatable bonds is 4. The zero-order valence-corrected chi connectivity index (χ0v) is 11.6. The predicted octanol–water partition coefficient (Wildman–Crippen LogP) is 1.95. The number of anilines is 1. The van der Waals surface area contributed by atoms with Gasteiger partial charge in [0, 0.05) is 37.3 Å². The maximum Gasteiger partial charge on any atom is 0.164 e. The molecule has 2 rings (SSSR count). The van der Waals surface area contributed by atoms with Crippen LogP contribution in [0.1, 0.15) is 30.6 Å². The standard InChI is InChI=1S/C15H22N2O2/c1-11-9-17(10-12(2)19-11)8-7-15(18)13-3-5-14(16)6-4-13/h3-6,11-12H,7-10,16H2,1-2H3. The molecule has 4 heteroatoms. The Bertz CT molecular complexity index is 420. The highest BCUT2D eigenvalue weighted by molar-refractivity contribution is 5.96. The summed E-state index contributed by atoms with van der Waals surface area (Å²) < 4.78 is 5.68. The average Bonchev–Trinajstić information content (AvgIpc) is 2.36. The lowest BCUT2D eigenvalue weighted by Crippen LogP contribution is -2.46. The van der Waals surface area contributed by atoms with Crippen molar-refractivity contribution in [1.82, 2.24) is 4.90 Å². The molecule has 0 aromatic heterocycles. The van der Waals surface area contributed by atoms with Gasteiger partial charge in [-0.1, -0.05) is 0 Å². The highest BCUT2D eigenvalue weighted by Gasteiger charge is 2.22. The molecule has 1 aliphatic heterocycles. The van der Waals surface area contributed by atoms with Crippen molar-refractivity contribution in [3.63, 3.8) is 0 Å². The average molecular weight is 262 g/mol. The van der Waals surface area contributed by atoms with E-state index in [4.69, 9.17) is 10.5 Å². The van der Waals surface area contributed by atoms with Crippen molar-refractivity contribution in [2.24, 2.45) is 0 Å². The number of carbonyl (C=O) groups excluding carboxylic acids is 1. The Morgan fingerprint density at radius 2 is 1.84 bits per heavy atom. The lowest BCUT2D eigenvalue weighted by molar-refractivity contribution is -0.0675. The molecule has 1 saturated heterocycles. The predicted molar refractivity (Wildman–Crippen MR) is 76.3 cm³/mol. The van der Waals surface area contributed by atoms with Crippen LogP contribution in [-0.2, 0) is 4.74 Å². The minimum Gasteiger partial charge on any atom is -0.399 e. The lowest BCUT2D eigenvalue weighted by Gasteiger charge is -2.35. The van der Waals surface area contributed by atoms with Crippen LogP contribution in [-0.4, -0.2) is 42.5 Å². The van der Waals surface area contributed by atoms with Gasteiger partial charge in [-0.2, -0.15) is 0 Å². The number of hydrogen-bond donors (Lipinski definition) is 1. The molecule has 2 unspecified atom stereocenters. The van der Waals surface area contributed by atoms with Crippen LogP contribution in [0.25, 0.3) is 0 Å². The van der Waals surface area contributed by atoms with Gasteiger partial charge in [-0.15, -0.1) is 0 Å². The number of carbonyl (C=O) groups is 1. The fourth-order valence-corrected chi connectivity index (χ4v) is 2.54. The fourth-order valence-electron chi connectivity index (χ4n) is 2.54. The number of ether oxygens (including phenoxy) is 1. The molecule has 1 fully saturated rings. The van der Waals surface area contributed by atoms with Gasteiger partial charge in [-0.25, -0.2) is 0 Å². The summed E-state index contributed by atoms with van der Waals surface area (Å²) in [5.74, 6) is 0.173. The van der Waals surface area contributed by atoms with Crippen molar-refractivity contribution in [3.05, 3.63) is 29.8 Å². The van der Waals surface area contributed by atoms with Crippen molar-refractivity contribution in [2.75, 3.05) is 25.4 Å². The van der Waals surface area contributed by atoms with Crippen LogP contribution < -0.4 is 5.73 Å². The highest BCUT2D eigenvalue weighted by Crippen LogP contribution is 2.13. The lowest BCUT2D eigenvalue weighted by atomic mass is 10.1. The van der Waals surface area contributed by atoms with Gasteiger partial charge in [0.15, 0.2) is 5.78 Å². The second kappa shape index (κ2) is 6.17. The maximum atomic E-state index is 12.1. The molecule has 1 aromatic rings. The summed E-state index contributed by atoms with van der Waals surface area (Å²) in [5, 5.41) is 0. The zero-order valence-electron chi connectivity index (χ0n) is 11.6. The van der Waals surface area contributed by atoms with Gasteiger partial charge in [-0.3, -0.25) is 9.69 Å². The van der Waals surface area contributed by atoms with Gasteiger partial charge in [-0.05, 0) is 38.1 Å². The summed E-state index contributed by atoms with van der Waals surface area (Å²) in [4.78, 5) is 14.4. The van der Waals surface area contributed by atoms with Crippen molar-refractivity contribution in [1.29, 1.82) is 0 Å². The summed E-state index contributed by atoms with van der Waals surface area (Å²) in [6.45, 7) is 6.74. The third-order valence-electron chi connectivity index (χ3n) is 3.38. The van der Waals surface area contributed by atoms with Crippen LogP contribution in [0.15, 0.2) is 24.3 Å². The minimum absolute atomic E-state index is 0.173. The Morgan fingerprint density at radius 3 is 2.42 bits per heavy atom. The monoisotopic (exact) mass is 262 g/mol. The molecule has 2 atom stereocenters. The number of benzene rings is 1. The Labute approximate surface area is 114 Å². The molecule has 0 saturated carbocycles. The van der Waals surface area contributed by atoms with Gasteiger partial charge >= 0.3 is 0 Å². The molecular formula is C15H22N2O2. The van der Waals surface area contributed by atoms with E-state index in [1.54, 1.807) is 24.3 Å². The number of nitrogen functional groups attached to an aromatic ring is 1. The molecule has 1 heterocycles. The van der Waals surface area contributed by atoms with Gasteiger partial charge in [0.25, 0.3) is 0 Å². The summed E-state index contributed by atoms with van der Waals surface area (Å²) in [5.41, 5.74) is 7.04. The first-order chi connectivity index (χ1) is 9.04. The highest BCUT2D eigenvalue weighted by atomic mass is 16.5. The van der Waals surface area contributed by atoms with Gasteiger partial charge in [0.1, 0.15) is 0 Å². The second-order valence-electron chi connectivity index (χ2n) is 5.31. The fraction of sp³-hybridized carbons (Fsp3) is 0.533. The molecule has 2 N–H and O–H groups in total.